The number of piperidine rings is 1. The van der Waals surface area contributed by atoms with Gasteiger partial charge in [-0.15, -0.1) is 5.10 Å². The average molecular weight is 356 g/mol. The van der Waals surface area contributed by atoms with Crippen molar-refractivity contribution in [2.45, 2.75) is 24.4 Å². The number of aromatic nitrogens is 4. The van der Waals surface area contributed by atoms with Crippen molar-refractivity contribution >= 4 is 11.6 Å². The van der Waals surface area contributed by atoms with Crippen LogP contribution >= 0.6 is 0 Å². The van der Waals surface area contributed by atoms with Crippen LogP contribution in [0.15, 0.2) is 30.7 Å². The molecule has 3 N–H and O–H groups in total. The smallest absolute Gasteiger partial charge is 0.388 e. The van der Waals surface area contributed by atoms with E-state index in [9.17, 15) is 23.4 Å². The van der Waals surface area contributed by atoms with Crippen LogP contribution < -0.4 is 10.2 Å². The van der Waals surface area contributed by atoms with Crippen molar-refractivity contribution in [3.63, 3.8) is 0 Å². The number of nitrogens with zero attached hydrogens (tertiary/aromatic N) is 5. The zero-order chi connectivity index (χ0) is 18.0. The standard InChI is InChI=1S/C14H15F3N6O2/c15-14(16,17)10-4-18-5-11(21-10)20-8-6-23(7-9(24)13(8)25)12-2-1-3-19-22-12/h1-5,8-9,13,24-25H,6-7H2,(H,20,21)/t8-,9-,13+/m0/s1. The van der Waals surface area contributed by atoms with Gasteiger partial charge in [0.2, 0.25) is 0 Å². The second-order valence-corrected chi connectivity index (χ2v) is 5.58. The second kappa shape index (κ2) is 6.76. The third kappa shape index (κ3) is 3.94. The molecule has 0 bridgehead atoms. The Morgan fingerprint density at radius 2 is 2.00 bits per heavy atom. The van der Waals surface area contributed by atoms with Crippen LogP contribution in [-0.2, 0) is 6.18 Å². The first-order chi connectivity index (χ1) is 11.8. The summed E-state index contributed by atoms with van der Waals surface area (Å²) in [5.41, 5.74) is -1.14. The molecule has 2 aromatic heterocycles. The van der Waals surface area contributed by atoms with Gasteiger partial charge in [-0.3, -0.25) is 4.98 Å². The minimum absolute atomic E-state index is 0.117. The van der Waals surface area contributed by atoms with Crippen LogP contribution in [-0.4, -0.2) is 61.7 Å². The molecule has 0 radical (unpaired) electrons. The predicted molar refractivity (Wildman–Crippen MR) is 80.7 cm³/mol. The van der Waals surface area contributed by atoms with Crippen LogP contribution in [0.5, 0.6) is 0 Å². The molecule has 1 aliphatic heterocycles. The molecule has 0 saturated carbocycles. The summed E-state index contributed by atoms with van der Waals surface area (Å²) >= 11 is 0. The van der Waals surface area contributed by atoms with Crippen LogP contribution in [0.4, 0.5) is 24.8 Å². The normalized spacial score (nSPS) is 24.2. The second-order valence-electron chi connectivity index (χ2n) is 5.58. The van der Waals surface area contributed by atoms with Crippen molar-refractivity contribution in [3.8, 4) is 0 Å². The van der Waals surface area contributed by atoms with Crippen LogP contribution in [0.1, 0.15) is 5.69 Å². The summed E-state index contributed by atoms with van der Waals surface area (Å²) in [6.45, 7) is 0.307. The van der Waals surface area contributed by atoms with Gasteiger partial charge in [-0.1, -0.05) is 0 Å². The SMILES string of the molecule is O[C@@H]1[C@@H](Nc2cncc(C(F)(F)F)n2)CN(c2cccnn2)C[C@@H]1O. The number of aliphatic hydroxyl groups excluding tert-OH is 2. The van der Waals surface area contributed by atoms with E-state index in [4.69, 9.17) is 0 Å². The minimum atomic E-state index is -4.62. The third-order valence-corrected chi connectivity index (χ3v) is 3.77. The van der Waals surface area contributed by atoms with E-state index in [1.807, 2.05) is 0 Å². The molecule has 1 fully saturated rings. The molecule has 3 atom stereocenters. The summed E-state index contributed by atoms with van der Waals surface area (Å²) < 4.78 is 38.2. The molecule has 0 aliphatic carbocycles. The van der Waals surface area contributed by atoms with E-state index < -0.39 is 30.1 Å². The molecule has 0 aromatic carbocycles. The highest BCUT2D eigenvalue weighted by molar-refractivity contribution is 5.41. The number of hydrogen-bond donors (Lipinski definition) is 3. The van der Waals surface area contributed by atoms with E-state index in [2.05, 4.69) is 25.5 Å². The van der Waals surface area contributed by atoms with Gasteiger partial charge in [0.05, 0.1) is 24.5 Å². The average Bonchev–Trinajstić information content (AvgIpc) is 2.59. The quantitative estimate of drug-likeness (QED) is 0.721. The molecule has 134 valence electrons. The highest BCUT2D eigenvalue weighted by Crippen LogP contribution is 2.28. The molecule has 1 saturated heterocycles. The maximum Gasteiger partial charge on any atom is 0.434 e. The Hall–Kier alpha value is -2.53. The number of nitrogens with one attached hydrogen (secondary N) is 1. The van der Waals surface area contributed by atoms with Gasteiger partial charge < -0.3 is 20.4 Å². The highest BCUT2D eigenvalue weighted by Gasteiger charge is 2.37. The van der Waals surface area contributed by atoms with E-state index in [1.165, 1.54) is 6.20 Å². The number of hydrogen-bond acceptors (Lipinski definition) is 8. The molecule has 0 amide bonds. The molecule has 0 spiro atoms. The molecule has 3 heterocycles. The maximum absolute atomic E-state index is 12.7. The summed E-state index contributed by atoms with van der Waals surface area (Å²) in [6.07, 6.45) is -3.71. The molecule has 2 aromatic rings. The van der Waals surface area contributed by atoms with Gasteiger partial charge in [-0.05, 0) is 12.1 Å². The Morgan fingerprint density at radius 1 is 1.20 bits per heavy atom. The van der Waals surface area contributed by atoms with Gasteiger partial charge in [0.25, 0.3) is 0 Å². The molecule has 8 nitrogen and oxygen atoms in total. The Kier molecular flexibility index (Phi) is 4.68. The first-order valence-electron chi connectivity index (χ1n) is 7.39. The zero-order valence-electron chi connectivity index (χ0n) is 12.8. The van der Waals surface area contributed by atoms with Crippen LogP contribution in [0, 0.1) is 0 Å². The summed E-state index contributed by atoms with van der Waals surface area (Å²) in [4.78, 5) is 8.64. The molecular formula is C14H15F3N6O2. The first-order valence-corrected chi connectivity index (χ1v) is 7.39. The molecular weight excluding hydrogens is 341 g/mol. The Labute approximate surface area is 140 Å². The highest BCUT2D eigenvalue weighted by atomic mass is 19.4. The van der Waals surface area contributed by atoms with Gasteiger partial charge in [0, 0.05) is 19.3 Å². The molecule has 0 unspecified atom stereocenters. The first kappa shape index (κ1) is 17.3. The molecule has 3 rings (SSSR count). The van der Waals surface area contributed by atoms with E-state index in [1.54, 1.807) is 17.0 Å². The van der Waals surface area contributed by atoms with Crippen molar-refractivity contribution in [2.24, 2.45) is 0 Å². The lowest BCUT2D eigenvalue weighted by Crippen LogP contribution is -2.58. The molecule has 25 heavy (non-hydrogen) atoms. The van der Waals surface area contributed by atoms with Gasteiger partial charge in [0.1, 0.15) is 11.9 Å². The van der Waals surface area contributed by atoms with Crippen molar-refractivity contribution in [1.82, 2.24) is 20.2 Å². The summed E-state index contributed by atoms with van der Waals surface area (Å²) in [7, 11) is 0. The van der Waals surface area contributed by atoms with Crippen molar-refractivity contribution in [1.29, 1.82) is 0 Å². The van der Waals surface area contributed by atoms with E-state index in [0.29, 0.717) is 12.0 Å². The lowest BCUT2D eigenvalue weighted by atomic mass is 9.99. The van der Waals surface area contributed by atoms with Crippen LogP contribution in [0.25, 0.3) is 0 Å². The number of rotatable bonds is 3. The number of β-amino-alcohol motifs (C(OH)–C–C–N with tert-alkyl or cyclic N) is 1. The largest absolute Gasteiger partial charge is 0.434 e. The van der Waals surface area contributed by atoms with Gasteiger partial charge in [-0.2, -0.15) is 18.3 Å². The topological polar surface area (TPSA) is 107 Å². The molecule has 11 heteroatoms. The number of alkyl halides is 3. The van der Waals surface area contributed by atoms with Gasteiger partial charge >= 0.3 is 6.18 Å². The zero-order valence-corrected chi connectivity index (χ0v) is 12.8. The molecule has 1 aliphatic rings. The fourth-order valence-corrected chi connectivity index (χ4v) is 2.56. The monoisotopic (exact) mass is 356 g/mol. The van der Waals surface area contributed by atoms with E-state index in [0.717, 1.165) is 6.20 Å². The van der Waals surface area contributed by atoms with E-state index >= 15 is 0 Å². The Morgan fingerprint density at radius 3 is 2.68 bits per heavy atom. The van der Waals surface area contributed by atoms with Crippen LogP contribution in [0.3, 0.4) is 0 Å². The van der Waals surface area contributed by atoms with Gasteiger partial charge in [-0.25, -0.2) is 4.98 Å². The Bertz CT molecular complexity index is 717. The van der Waals surface area contributed by atoms with Crippen LogP contribution in [0.2, 0.25) is 0 Å². The van der Waals surface area contributed by atoms with E-state index in [-0.39, 0.29) is 18.9 Å². The minimum Gasteiger partial charge on any atom is -0.388 e. The number of anilines is 2. The van der Waals surface area contributed by atoms with Crippen molar-refractivity contribution in [2.75, 3.05) is 23.3 Å². The lowest BCUT2D eigenvalue weighted by Gasteiger charge is -2.40. The fourth-order valence-electron chi connectivity index (χ4n) is 2.56. The summed E-state index contributed by atoms with van der Waals surface area (Å²) in [5, 5.41) is 30.6. The number of aliphatic hydroxyl groups is 2. The van der Waals surface area contributed by atoms with Crippen molar-refractivity contribution < 1.29 is 23.4 Å². The Balaban J connectivity index is 1.78. The predicted octanol–water partition coefficient (Wildman–Crippen LogP) is 0.308. The van der Waals surface area contributed by atoms with Gasteiger partial charge in [0.15, 0.2) is 11.5 Å². The third-order valence-electron chi connectivity index (χ3n) is 3.77. The number of halogens is 3. The summed E-state index contributed by atoms with van der Waals surface area (Å²) in [5.74, 6) is 0.336. The van der Waals surface area contributed by atoms with Crippen molar-refractivity contribution in [3.05, 3.63) is 36.4 Å². The summed E-state index contributed by atoms with van der Waals surface area (Å²) in [6, 6.07) is 2.57. The fraction of sp³-hybridized carbons (Fsp3) is 0.429. The lowest BCUT2D eigenvalue weighted by molar-refractivity contribution is -0.141. The maximum atomic E-state index is 12.7.